The quantitative estimate of drug-likeness (QED) is 0.503. The third-order valence-electron chi connectivity index (χ3n) is 6.42. The first-order valence-electron chi connectivity index (χ1n) is 11.9. The fourth-order valence-corrected chi connectivity index (χ4v) is 5.90. The summed E-state index contributed by atoms with van der Waals surface area (Å²) in [6, 6.07) is 15.9. The molecule has 1 fully saturated rings. The highest BCUT2D eigenvalue weighted by Crippen LogP contribution is 2.26. The number of rotatable bonds is 7. The lowest BCUT2D eigenvalue weighted by molar-refractivity contribution is 0.0781. The van der Waals surface area contributed by atoms with E-state index in [9.17, 15) is 13.2 Å². The van der Waals surface area contributed by atoms with Crippen molar-refractivity contribution in [1.82, 2.24) is 19.0 Å². The number of anilines is 1. The lowest BCUT2D eigenvalue weighted by Crippen LogP contribution is -2.49. The van der Waals surface area contributed by atoms with Crippen LogP contribution in [0.4, 0.5) is 5.69 Å². The second-order valence-electron chi connectivity index (χ2n) is 9.03. The van der Waals surface area contributed by atoms with E-state index >= 15 is 0 Å². The average molecular weight is 496 g/mol. The zero-order chi connectivity index (χ0) is 25.2. The molecular formula is C26H33N5O3S. The second kappa shape index (κ2) is 10.2. The Labute approximate surface area is 207 Å². The van der Waals surface area contributed by atoms with Gasteiger partial charge >= 0.3 is 0 Å². The van der Waals surface area contributed by atoms with Crippen molar-refractivity contribution in [3.63, 3.8) is 0 Å². The summed E-state index contributed by atoms with van der Waals surface area (Å²) >= 11 is 0. The maximum atomic E-state index is 13.6. The second-order valence-corrected chi connectivity index (χ2v) is 10.9. The molecule has 1 saturated heterocycles. The smallest absolute Gasteiger partial charge is 0.263 e. The highest BCUT2D eigenvalue weighted by molar-refractivity contribution is 7.89. The highest BCUT2D eigenvalue weighted by atomic mass is 32.2. The summed E-state index contributed by atoms with van der Waals surface area (Å²) in [4.78, 5) is 17.1. The number of hydrogen-bond donors (Lipinski definition) is 0. The molecule has 8 nitrogen and oxygen atoms in total. The van der Waals surface area contributed by atoms with Gasteiger partial charge in [-0.15, -0.1) is 0 Å². The molecule has 186 valence electrons. The molecular weight excluding hydrogens is 462 g/mol. The molecule has 2 aromatic carbocycles. The molecule has 1 aliphatic heterocycles. The number of benzene rings is 2. The van der Waals surface area contributed by atoms with Crippen molar-refractivity contribution >= 4 is 21.6 Å². The van der Waals surface area contributed by atoms with Gasteiger partial charge in [-0.1, -0.05) is 42.5 Å². The van der Waals surface area contributed by atoms with E-state index in [4.69, 9.17) is 0 Å². The van der Waals surface area contributed by atoms with Gasteiger partial charge in [-0.05, 0) is 43.5 Å². The number of carbonyl (C=O) groups is 1. The molecule has 0 radical (unpaired) electrons. The maximum absolute atomic E-state index is 13.6. The molecule has 3 aromatic rings. The topological polar surface area (TPSA) is 78.8 Å². The molecule has 0 aliphatic carbocycles. The monoisotopic (exact) mass is 495 g/mol. The minimum atomic E-state index is -3.93. The number of aryl methyl sites for hydroxylation is 3. The summed E-state index contributed by atoms with van der Waals surface area (Å²) in [5.74, 6) is -0.360. The molecule has 0 bridgehead atoms. The summed E-state index contributed by atoms with van der Waals surface area (Å²) in [7, 11) is -2.25. The van der Waals surface area contributed by atoms with Crippen molar-refractivity contribution in [2.75, 3.05) is 38.1 Å². The van der Waals surface area contributed by atoms with Crippen LogP contribution in [0.3, 0.4) is 0 Å². The van der Waals surface area contributed by atoms with Crippen LogP contribution in [0.15, 0.2) is 59.8 Å². The van der Waals surface area contributed by atoms with Crippen LogP contribution in [0.5, 0.6) is 0 Å². The molecule has 0 unspecified atom stereocenters. The molecule has 1 aliphatic rings. The number of aromatic nitrogens is 2. The minimum absolute atomic E-state index is 0.113. The number of carbonyl (C=O) groups excluding carboxylic acids is 1. The Balaban J connectivity index is 1.55. The zero-order valence-corrected chi connectivity index (χ0v) is 21.6. The van der Waals surface area contributed by atoms with E-state index in [0.717, 1.165) is 11.3 Å². The molecule has 4 rings (SSSR count). The molecule has 1 aromatic heterocycles. The van der Waals surface area contributed by atoms with Gasteiger partial charge in [0, 0.05) is 58.2 Å². The van der Waals surface area contributed by atoms with Gasteiger partial charge in [0.1, 0.15) is 0 Å². The number of piperazine rings is 1. The Morgan fingerprint density at radius 2 is 1.71 bits per heavy atom. The fraction of sp³-hybridized carbons (Fsp3) is 0.385. The zero-order valence-electron chi connectivity index (χ0n) is 20.8. The Bertz CT molecular complexity index is 1300. The van der Waals surface area contributed by atoms with E-state index in [1.165, 1.54) is 25.0 Å². The molecule has 1 amide bonds. The molecule has 9 heteroatoms. The maximum Gasteiger partial charge on any atom is 0.263 e. The Morgan fingerprint density at radius 1 is 1.03 bits per heavy atom. The van der Waals surface area contributed by atoms with Gasteiger partial charge in [0.05, 0.1) is 5.56 Å². The van der Waals surface area contributed by atoms with E-state index in [-0.39, 0.29) is 16.5 Å². The predicted molar refractivity (Wildman–Crippen MR) is 137 cm³/mol. The van der Waals surface area contributed by atoms with Gasteiger partial charge in [0.2, 0.25) is 5.03 Å². The summed E-state index contributed by atoms with van der Waals surface area (Å²) in [6.07, 6.45) is 1.54. The van der Waals surface area contributed by atoms with E-state index in [1.54, 1.807) is 13.2 Å². The first-order valence-corrected chi connectivity index (χ1v) is 13.3. The van der Waals surface area contributed by atoms with E-state index < -0.39 is 10.0 Å². The standard InChI is InChI=1S/C26H33N5O3S/c1-5-30-19-23(26(32)28(4)18-22-9-7-6-8-10-22)25(27-30)35(33,34)31-15-13-29(14-16-31)24-17-20(2)11-12-21(24)3/h6-12,17,19H,5,13-16,18H2,1-4H3. The third kappa shape index (κ3) is 5.26. The largest absolute Gasteiger partial charge is 0.369 e. The number of sulfonamides is 1. The average Bonchev–Trinajstić information content (AvgIpc) is 3.31. The van der Waals surface area contributed by atoms with Gasteiger partial charge in [-0.3, -0.25) is 9.48 Å². The number of hydrogen-bond acceptors (Lipinski definition) is 5. The first-order chi connectivity index (χ1) is 16.7. The van der Waals surface area contributed by atoms with E-state index in [0.29, 0.717) is 39.3 Å². The van der Waals surface area contributed by atoms with Crippen LogP contribution in [-0.4, -0.2) is 66.5 Å². The third-order valence-corrected chi connectivity index (χ3v) is 8.25. The van der Waals surface area contributed by atoms with Crippen LogP contribution in [0, 0.1) is 13.8 Å². The lowest BCUT2D eigenvalue weighted by Gasteiger charge is -2.36. The van der Waals surface area contributed by atoms with Crippen molar-refractivity contribution in [3.8, 4) is 0 Å². The van der Waals surface area contributed by atoms with Crippen LogP contribution in [0.1, 0.15) is 34.0 Å². The summed E-state index contributed by atoms with van der Waals surface area (Å²) in [5, 5.41) is 4.15. The fourth-order valence-electron chi connectivity index (χ4n) is 4.39. The van der Waals surface area contributed by atoms with Gasteiger partial charge < -0.3 is 9.80 Å². The Kier molecular flexibility index (Phi) is 7.28. The summed E-state index contributed by atoms with van der Waals surface area (Å²) < 4.78 is 30.3. The molecule has 35 heavy (non-hydrogen) atoms. The van der Waals surface area contributed by atoms with Crippen molar-refractivity contribution in [3.05, 3.63) is 77.0 Å². The van der Waals surface area contributed by atoms with E-state index in [2.05, 4.69) is 42.0 Å². The molecule has 0 atom stereocenters. The van der Waals surface area contributed by atoms with Crippen LogP contribution >= 0.6 is 0 Å². The number of amides is 1. The number of nitrogens with zero attached hydrogens (tertiary/aromatic N) is 5. The molecule has 0 saturated carbocycles. The van der Waals surface area contributed by atoms with Gasteiger partial charge in [-0.25, -0.2) is 8.42 Å². The van der Waals surface area contributed by atoms with Crippen molar-refractivity contribution in [1.29, 1.82) is 0 Å². The Hall–Kier alpha value is -3.17. The minimum Gasteiger partial charge on any atom is -0.369 e. The molecule has 0 N–H and O–H groups in total. The first kappa shape index (κ1) is 24.9. The van der Waals surface area contributed by atoms with Crippen molar-refractivity contribution in [2.45, 2.75) is 38.9 Å². The van der Waals surface area contributed by atoms with Gasteiger partial charge in [0.25, 0.3) is 15.9 Å². The van der Waals surface area contributed by atoms with Gasteiger partial charge in [-0.2, -0.15) is 9.40 Å². The van der Waals surface area contributed by atoms with Crippen molar-refractivity contribution < 1.29 is 13.2 Å². The summed E-state index contributed by atoms with van der Waals surface area (Å²) in [5.41, 5.74) is 4.56. The van der Waals surface area contributed by atoms with Gasteiger partial charge in [0.15, 0.2) is 0 Å². The van der Waals surface area contributed by atoms with E-state index in [1.807, 2.05) is 37.3 Å². The Morgan fingerprint density at radius 3 is 2.37 bits per heavy atom. The van der Waals surface area contributed by atoms with Crippen LogP contribution in [0.25, 0.3) is 0 Å². The molecule has 0 spiro atoms. The van der Waals surface area contributed by atoms with Crippen LogP contribution in [0.2, 0.25) is 0 Å². The van der Waals surface area contributed by atoms with Crippen molar-refractivity contribution in [2.24, 2.45) is 0 Å². The van der Waals surface area contributed by atoms with Crippen LogP contribution in [-0.2, 0) is 23.1 Å². The van der Waals surface area contributed by atoms with Crippen LogP contribution < -0.4 is 4.90 Å². The lowest BCUT2D eigenvalue weighted by atomic mass is 10.1. The molecule has 2 heterocycles. The SMILES string of the molecule is CCn1cc(C(=O)N(C)Cc2ccccc2)c(S(=O)(=O)N2CCN(c3cc(C)ccc3C)CC2)n1. The summed E-state index contributed by atoms with van der Waals surface area (Å²) in [6.45, 7) is 8.67. The highest BCUT2D eigenvalue weighted by Gasteiger charge is 2.35. The predicted octanol–water partition coefficient (Wildman–Crippen LogP) is 3.30. The normalized spacial score (nSPS) is 14.8.